The number of rotatable bonds is 5. The van der Waals surface area contributed by atoms with Crippen molar-refractivity contribution in [1.82, 2.24) is 19.9 Å². The van der Waals surface area contributed by atoms with E-state index in [0.717, 1.165) is 18.5 Å². The summed E-state index contributed by atoms with van der Waals surface area (Å²) in [6.45, 7) is 4.80. The molecule has 106 valence electrons. The van der Waals surface area contributed by atoms with Crippen LogP contribution >= 0.6 is 0 Å². The fourth-order valence-corrected chi connectivity index (χ4v) is 2.07. The Labute approximate surface area is 112 Å². The third-order valence-corrected chi connectivity index (χ3v) is 3.20. The van der Waals surface area contributed by atoms with Gasteiger partial charge in [-0.05, 0) is 6.42 Å². The van der Waals surface area contributed by atoms with Gasteiger partial charge in [0.05, 0.1) is 31.1 Å². The van der Waals surface area contributed by atoms with Crippen molar-refractivity contribution >= 4 is 5.91 Å². The molecule has 0 spiro atoms. The van der Waals surface area contributed by atoms with Gasteiger partial charge in [-0.25, -0.2) is 4.68 Å². The molecule has 0 saturated carbocycles. The van der Waals surface area contributed by atoms with Gasteiger partial charge in [0.25, 0.3) is 0 Å². The van der Waals surface area contributed by atoms with E-state index in [-0.39, 0.29) is 18.5 Å². The molecule has 1 aromatic rings. The van der Waals surface area contributed by atoms with E-state index in [1.54, 1.807) is 15.8 Å². The number of ether oxygens (including phenoxy) is 1. The van der Waals surface area contributed by atoms with Crippen LogP contribution in [0.15, 0.2) is 6.20 Å². The first-order valence-corrected chi connectivity index (χ1v) is 6.72. The van der Waals surface area contributed by atoms with Crippen molar-refractivity contribution in [1.29, 1.82) is 0 Å². The molecule has 1 unspecified atom stereocenters. The second-order valence-corrected chi connectivity index (χ2v) is 4.73. The van der Waals surface area contributed by atoms with E-state index in [1.165, 1.54) is 0 Å². The van der Waals surface area contributed by atoms with E-state index in [0.29, 0.717) is 26.3 Å². The molecule has 1 amide bonds. The molecule has 0 bridgehead atoms. The molecule has 1 fully saturated rings. The lowest BCUT2D eigenvalue weighted by Gasteiger charge is -2.26. The number of amides is 1. The second-order valence-electron chi connectivity index (χ2n) is 4.73. The first kappa shape index (κ1) is 14.0. The Kier molecular flexibility index (Phi) is 4.86. The molecule has 19 heavy (non-hydrogen) atoms. The lowest BCUT2D eigenvalue weighted by Crippen LogP contribution is -2.42. The summed E-state index contributed by atoms with van der Waals surface area (Å²) >= 11 is 0. The van der Waals surface area contributed by atoms with Crippen LogP contribution < -0.4 is 5.73 Å². The first-order valence-electron chi connectivity index (χ1n) is 6.72. The molecular weight excluding hydrogens is 246 g/mol. The highest BCUT2D eigenvalue weighted by Gasteiger charge is 2.18. The van der Waals surface area contributed by atoms with E-state index in [2.05, 4.69) is 17.2 Å². The fourth-order valence-electron chi connectivity index (χ4n) is 2.07. The average Bonchev–Trinajstić information content (AvgIpc) is 2.88. The van der Waals surface area contributed by atoms with Crippen molar-refractivity contribution in [3.8, 4) is 0 Å². The average molecular weight is 267 g/mol. The Hall–Kier alpha value is -1.47. The smallest absolute Gasteiger partial charge is 0.244 e. The number of nitrogens with two attached hydrogens (primary N) is 1. The predicted octanol–water partition coefficient (Wildman–Crippen LogP) is -0.0632. The van der Waals surface area contributed by atoms with E-state index < -0.39 is 0 Å². The van der Waals surface area contributed by atoms with E-state index in [4.69, 9.17) is 10.5 Å². The molecular formula is C12H21N5O2. The van der Waals surface area contributed by atoms with E-state index >= 15 is 0 Å². The number of carbonyl (C=O) groups is 1. The summed E-state index contributed by atoms with van der Waals surface area (Å²) in [4.78, 5) is 13.8. The van der Waals surface area contributed by atoms with Crippen LogP contribution in [0.1, 0.15) is 31.5 Å². The van der Waals surface area contributed by atoms with E-state index in [1.807, 2.05) is 0 Å². The minimum absolute atomic E-state index is 0.0452. The van der Waals surface area contributed by atoms with Gasteiger partial charge in [-0.2, -0.15) is 0 Å². The molecule has 1 aliphatic rings. The zero-order valence-electron chi connectivity index (χ0n) is 11.3. The quantitative estimate of drug-likeness (QED) is 0.807. The first-order chi connectivity index (χ1) is 9.20. The van der Waals surface area contributed by atoms with Gasteiger partial charge in [0.1, 0.15) is 6.54 Å². The number of nitrogens with zero attached hydrogens (tertiary/aromatic N) is 4. The number of hydrogen-bond donors (Lipinski definition) is 1. The van der Waals surface area contributed by atoms with Crippen LogP contribution in [-0.2, 0) is 16.1 Å². The van der Waals surface area contributed by atoms with Crippen LogP contribution in [0, 0.1) is 0 Å². The summed E-state index contributed by atoms with van der Waals surface area (Å²) in [5, 5.41) is 7.99. The van der Waals surface area contributed by atoms with Crippen LogP contribution in [0.4, 0.5) is 0 Å². The van der Waals surface area contributed by atoms with Gasteiger partial charge >= 0.3 is 0 Å². The minimum atomic E-state index is -0.0998. The molecule has 1 aromatic heterocycles. The van der Waals surface area contributed by atoms with Gasteiger partial charge in [-0.1, -0.05) is 18.6 Å². The van der Waals surface area contributed by atoms with Crippen molar-refractivity contribution in [2.75, 3.05) is 26.3 Å². The molecule has 2 heterocycles. The molecule has 0 aliphatic carbocycles. The molecule has 2 N–H and O–H groups in total. The van der Waals surface area contributed by atoms with Gasteiger partial charge in [-0.3, -0.25) is 4.79 Å². The van der Waals surface area contributed by atoms with Crippen molar-refractivity contribution in [3.63, 3.8) is 0 Å². The van der Waals surface area contributed by atoms with Gasteiger partial charge in [0, 0.05) is 13.1 Å². The number of hydrogen-bond acceptors (Lipinski definition) is 5. The number of carbonyl (C=O) groups excluding carboxylic acids is 1. The highest BCUT2D eigenvalue weighted by Crippen LogP contribution is 2.12. The molecule has 0 aromatic carbocycles. The molecule has 7 heteroatoms. The Balaban J connectivity index is 1.90. The lowest BCUT2D eigenvalue weighted by molar-refractivity contribution is -0.136. The van der Waals surface area contributed by atoms with Crippen LogP contribution in [0.3, 0.4) is 0 Å². The number of aromatic nitrogens is 3. The monoisotopic (exact) mass is 267 g/mol. The van der Waals surface area contributed by atoms with E-state index in [9.17, 15) is 4.79 Å². The van der Waals surface area contributed by atoms with Gasteiger partial charge in [0.2, 0.25) is 5.91 Å². The normalized spacial score (nSPS) is 17.5. The molecule has 1 atom stereocenters. The van der Waals surface area contributed by atoms with Crippen LogP contribution in [0.5, 0.6) is 0 Å². The molecule has 7 nitrogen and oxygen atoms in total. The largest absolute Gasteiger partial charge is 0.378 e. The Morgan fingerprint density at radius 3 is 2.95 bits per heavy atom. The number of morpholine rings is 1. The molecule has 1 saturated heterocycles. The third-order valence-electron chi connectivity index (χ3n) is 3.20. The second kappa shape index (κ2) is 6.63. The maximum atomic E-state index is 12.0. The zero-order valence-corrected chi connectivity index (χ0v) is 11.3. The maximum Gasteiger partial charge on any atom is 0.244 e. The molecule has 0 radical (unpaired) electrons. The molecule has 2 rings (SSSR count). The van der Waals surface area contributed by atoms with Gasteiger partial charge in [0.15, 0.2) is 0 Å². The molecule has 1 aliphatic heterocycles. The fraction of sp³-hybridized carbons (Fsp3) is 0.750. The zero-order chi connectivity index (χ0) is 13.7. The topological polar surface area (TPSA) is 86.3 Å². The highest BCUT2D eigenvalue weighted by molar-refractivity contribution is 5.75. The van der Waals surface area contributed by atoms with Gasteiger partial charge < -0.3 is 15.4 Å². The van der Waals surface area contributed by atoms with Crippen LogP contribution in [-0.4, -0.2) is 52.1 Å². The Bertz CT molecular complexity index is 414. The summed E-state index contributed by atoms with van der Waals surface area (Å²) in [5.74, 6) is 0.0452. The summed E-state index contributed by atoms with van der Waals surface area (Å²) in [6.07, 6.45) is 3.63. The summed E-state index contributed by atoms with van der Waals surface area (Å²) in [7, 11) is 0. The predicted molar refractivity (Wildman–Crippen MR) is 69.3 cm³/mol. The summed E-state index contributed by atoms with van der Waals surface area (Å²) in [5.41, 5.74) is 6.71. The van der Waals surface area contributed by atoms with Crippen molar-refractivity contribution in [2.45, 2.75) is 32.4 Å². The highest BCUT2D eigenvalue weighted by atomic mass is 16.5. The Morgan fingerprint density at radius 1 is 1.53 bits per heavy atom. The standard InChI is InChI=1S/C12H21N5O2/c1-2-3-10(13)11-8-17(15-14-11)9-12(18)16-4-6-19-7-5-16/h8,10H,2-7,9,13H2,1H3. The maximum absolute atomic E-state index is 12.0. The van der Waals surface area contributed by atoms with Crippen LogP contribution in [0.25, 0.3) is 0 Å². The van der Waals surface area contributed by atoms with Gasteiger partial charge in [-0.15, -0.1) is 5.10 Å². The van der Waals surface area contributed by atoms with Crippen molar-refractivity contribution in [2.24, 2.45) is 5.73 Å². The summed E-state index contributed by atoms with van der Waals surface area (Å²) < 4.78 is 6.78. The SMILES string of the molecule is CCCC(N)c1cn(CC(=O)N2CCOCC2)nn1. The van der Waals surface area contributed by atoms with Crippen molar-refractivity contribution < 1.29 is 9.53 Å². The van der Waals surface area contributed by atoms with Crippen LogP contribution in [0.2, 0.25) is 0 Å². The minimum Gasteiger partial charge on any atom is -0.378 e. The third kappa shape index (κ3) is 3.74. The Morgan fingerprint density at radius 2 is 2.26 bits per heavy atom. The lowest BCUT2D eigenvalue weighted by atomic mass is 10.1. The van der Waals surface area contributed by atoms with Crippen molar-refractivity contribution in [3.05, 3.63) is 11.9 Å². The summed E-state index contributed by atoms with van der Waals surface area (Å²) in [6, 6.07) is -0.0998.